The first-order valence-corrected chi connectivity index (χ1v) is 5.44. The van der Waals surface area contributed by atoms with Crippen LogP contribution in [0.15, 0.2) is 29.2 Å². The normalized spacial score (nSPS) is 19.3. The van der Waals surface area contributed by atoms with Crippen LogP contribution >= 0.6 is 12.6 Å². The van der Waals surface area contributed by atoms with Crippen molar-refractivity contribution in [3.8, 4) is 0 Å². The average Bonchev–Trinajstić information content (AvgIpc) is 2.69. The quantitative estimate of drug-likeness (QED) is 0.762. The van der Waals surface area contributed by atoms with Crippen molar-refractivity contribution in [1.29, 1.82) is 0 Å². The summed E-state index contributed by atoms with van der Waals surface area (Å²) in [5.74, 6) is -0.660. The molecule has 3 nitrogen and oxygen atoms in total. The second-order valence-corrected chi connectivity index (χ2v) is 3.98. The molecule has 0 saturated carbocycles. The van der Waals surface area contributed by atoms with Gasteiger partial charge >= 0.3 is 0 Å². The van der Waals surface area contributed by atoms with Gasteiger partial charge in [-0.2, -0.15) is 0 Å². The Balaban J connectivity index is 2.36. The van der Waals surface area contributed by atoms with Gasteiger partial charge in [0.2, 0.25) is 5.79 Å². The number of ether oxygens (including phenoxy) is 2. The molecule has 1 aliphatic heterocycles. The molecular weight excluding hydrogens is 210 g/mol. The van der Waals surface area contributed by atoms with Crippen LogP contribution in [0.2, 0.25) is 0 Å². The van der Waals surface area contributed by atoms with Crippen LogP contribution in [-0.2, 0) is 15.3 Å². The predicted octanol–water partition coefficient (Wildman–Crippen LogP) is 1.39. The van der Waals surface area contributed by atoms with Crippen LogP contribution in [0.4, 0.5) is 0 Å². The lowest BCUT2D eigenvalue weighted by atomic mass is 10.1. The van der Waals surface area contributed by atoms with Gasteiger partial charge in [-0.05, 0) is 13.1 Å². The van der Waals surface area contributed by atoms with E-state index in [1.54, 1.807) is 0 Å². The van der Waals surface area contributed by atoms with E-state index in [0.29, 0.717) is 19.8 Å². The van der Waals surface area contributed by atoms with Crippen LogP contribution in [0.1, 0.15) is 5.56 Å². The Morgan fingerprint density at radius 2 is 2.00 bits per heavy atom. The van der Waals surface area contributed by atoms with E-state index in [9.17, 15) is 0 Å². The molecule has 82 valence electrons. The van der Waals surface area contributed by atoms with Crippen LogP contribution in [0.5, 0.6) is 0 Å². The second-order valence-electron chi connectivity index (χ2n) is 3.50. The number of thiol groups is 1. The van der Waals surface area contributed by atoms with Gasteiger partial charge < -0.3 is 14.8 Å². The largest absolute Gasteiger partial charge is 0.342 e. The SMILES string of the molecule is CNCC1(c2ccccc2S)OCCO1. The summed E-state index contributed by atoms with van der Waals surface area (Å²) in [5.41, 5.74) is 0.986. The second kappa shape index (κ2) is 4.53. The predicted molar refractivity (Wildman–Crippen MR) is 61.2 cm³/mol. The van der Waals surface area contributed by atoms with Crippen molar-refractivity contribution in [2.75, 3.05) is 26.8 Å². The first-order chi connectivity index (χ1) is 7.28. The Hall–Kier alpha value is -0.550. The third-order valence-electron chi connectivity index (χ3n) is 2.48. The first kappa shape index (κ1) is 11.0. The molecule has 0 unspecified atom stereocenters. The van der Waals surface area contributed by atoms with Crippen molar-refractivity contribution in [3.05, 3.63) is 29.8 Å². The van der Waals surface area contributed by atoms with E-state index in [4.69, 9.17) is 9.47 Å². The highest BCUT2D eigenvalue weighted by molar-refractivity contribution is 7.80. The standard InChI is InChI=1S/C11H15NO2S/c1-12-8-11(13-6-7-14-11)9-4-2-3-5-10(9)15/h2-5,12,15H,6-8H2,1H3. The summed E-state index contributed by atoms with van der Waals surface area (Å²) in [6, 6.07) is 7.86. The lowest BCUT2D eigenvalue weighted by Crippen LogP contribution is -2.38. The molecular formula is C11H15NO2S. The average molecular weight is 225 g/mol. The highest BCUT2D eigenvalue weighted by Crippen LogP contribution is 2.34. The molecule has 1 aromatic rings. The van der Waals surface area contributed by atoms with Crippen LogP contribution in [0.25, 0.3) is 0 Å². The number of nitrogens with one attached hydrogen (secondary N) is 1. The van der Waals surface area contributed by atoms with Gasteiger partial charge in [0.1, 0.15) is 0 Å². The van der Waals surface area contributed by atoms with Crippen molar-refractivity contribution in [3.63, 3.8) is 0 Å². The van der Waals surface area contributed by atoms with E-state index in [2.05, 4.69) is 17.9 Å². The minimum absolute atomic E-state index is 0.629. The molecule has 0 amide bonds. The highest BCUT2D eigenvalue weighted by Gasteiger charge is 2.39. The Labute approximate surface area is 95.2 Å². The van der Waals surface area contributed by atoms with Gasteiger partial charge in [-0.3, -0.25) is 0 Å². The van der Waals surface area contributed by atoms with Gasteiger partial charge in [-0.25, -0.2) is 0 Å². The topological polar surface area (TPSA) is 30.5 Å². The highest BCUT2D eigenvalue weighted by atomic mass is 32.1. The molecule has 1 aromatic carbocycles. The maximum atomic E-state index is 5.71. The Kier molecular flexibility index (Phi) is 3.31. The van der Waals surface area contributed by atoms with E-state index >= 15 is 0 Å². The molecule has 1 aliphatic rings. The Bertz CT molecular complexity index is 337. The van der Waals surface area contributed by atoms with E-state index in [0.717, 1.165) is 10.5 Å². The summed E-state index contributed by atoms with van der Waals surface area (Å²) < 4.78 is 11.4. The smallest absolute Gasteiger partial charge is 0.209 e. The number of rotatable bonds is 3. The Morgan fingerprint density at radius 3 is 2.60 bits per heavy atom. The van der Waals surface area contributed by atoms with Crippen molar-refractivity contribution in [2.45, 2.75) is 10.7 Å². The van der Waals surface area contributed by atoms with Gasteiger partial charge in [-0.15, -0.1) is 12.6 Å². The monoisotopic (exact) mass is 225 g/mol. The zero-order valence-corrected chi connectivity index (χ0v) is 9.59. The fourth-order valence-electron chi connectivity index (χ4n) is 1.84. The molecule has 1 fully saturated rings. The van der Waals surface area contributed by atoms with Crippen molar-refractivity contribution in [2.24, 2.45) is 0 Å². The molecule has 1 saturated heterocycles. The maximum absolute atomic E-state index is 5.71. The molecule has 0 spiro atoms. The molecule has 2 rings (SSSR count). The van der Waals surface area contributed by atoms with Gasteiger partial charge in [0.05, 0.1) is 19.8 Å². The van der Waals surface area contributed by atoms with Crippen molar-refractivity contribution < 1.29 is 9.47 Å². The number of benzene rings is 1. The summed E-state index contributed by atoms with van der Waals surface area (Å²) in [5, 5.41) is 3.09. The summed E-state index contributed by atoms with van der Waals surface area (Å²) in [6.45, 7) is 1.89. The van der Waals surface area contributed by atoms with Gasteiger partial charge in [0.15, 0.2) is 0 Å². The number of hydrogen-bond donors (Lipinski definition) is 2. The van der Waals surface area contributed by atoms with E-state index in [-0.39, 0.29) is 0 Å². The molecule has 0 aromatic heterocycles. The summed E-state index contributed by atoms with van der Waals surface area (Å²) >= 11 is 4.43. The third-order valence-corrected chi connectivity index (χ3v) is 2.87. The van der Waals surface area contributed by atoms with Gasteiger partial charge in [0.25, 0.3) is 0 Å². The summed E-state index contributed by atoms with van der Waals surface area (Å²) in [7, 11) is 1.88. The molecule has 4 heteroatoms. The van der Waals surface area contributed by atoms with E-state index in [1.165, 1.54) is 0 Å². The first-order valence-electron chi connectivity index (χ1n) is 4.99. The zero-order valence-electron chi connectivity index (χ0n) is 8.69. The van der Waals surface area contributed by atoms with Gasteiger partial charge in [0, 0.05) is 10.5 Å². The molecule has 1 N–H and O–H groups in total. The molecule has 0 atom stereocenters. The van der Waals surface area contributed by atoms with Crippen LogP contribution in [-0.4, -0.2) is 26.8 Å². The van der Waals surface area contributed by atoms with Crippen molar-refractivity contribution >= 4 is 12.6 Å². The fourth-order valence-corrected chi connectivity index (χ4v) is 2.17. The van der Waals surface area contributed by atoms with Crippen LogP contribution in [0, 0.1) is 0 Å². The summed E-state index contributed by atoms with van der Waals surface area (Å²) in [6.07, 6.45) is 0. The van der Waals surface area contributed by atoms with Crippen LogP contribution < -0.4 is 5.32 Å². The third kappa shape index (κ3) is 2.03. The lowest BCUT2D eigenvalue weighted by molar-refractivity contribution is -0.162. The maximum Gasteiger partial charge on any atom is 0.209 e. The van der Waals surface area contributed by atoms with E-state index in [1.807, 2.05) is 31.3 Å². The Morgan fingerprint density at radius 1 is 1.33 bits per heavy atom. The summed E-state index contributed by atoms with van der Waals surface area (Å²) in [4.78, 5) is 0.898. The molecule has 0 aliphatic carbocycles. The van der Waals surface area contributed by atoms with E-state index < -0.39 is 5.79 Å². The minimum Gasteiger partial charge on any atom is -0.342 e. The molecule has 1 heterocycles. The van der Waals surface area contributed by atoms with Crippen molar-refractivity contribution in [1.82, 2.24) is 5.32 Å². The fraction of sp³-hybridized carbons (Fsp3) is 0.455. The molecule has 15 heavy (non-hydrogen) atoms. The lowest BCUT2D eigenvalue weighted by Gasteiger charge is -2.28. The van der Waals surface area contributed by atoms with Gasteiger partial charge in [-0.1, -0.05) is 18.2 Å². The zero-order chi connectivity index (χ0) is 10.7. The molecule has 0 bridgehead atoms. The number of likely N-dealkylation sites (N-methyl/N-ethyl adjacent to an activating group) is 1. The minimum atomic E-state index is -0.660. The molecule has 0 radical (unpaired) electrons. The van der Waals surface area contributed by atoms with Crippen LogP contribution in [0.3, 0.4) is 0 Å². The number of hydrogen-bond acceptors (Lipinski definition) is 4.